The minimum Gasteiger partial charge on any atom is -0.298 e. The molecule has 0 fully saturated rings. The van der Waals surface area contributed by atoms with E-state index in [2.05, 4.69) is 24.3 Å². The molecule has 1 atom stereocenters. The quantitative estimate of drug-likeness (QED) is 0.860. The van der Waals surface area contributed by atoms with Crippen molar-refractivity contribution in [1.82, 2.24) is 9.13 Å². The van der Waals surface area contributed by atoms with Gasteiger partial charge in [-0.05, 0) is 31.9 Å². The number of hydrogen-bond acceptors (Lipinski definition) is 2. The van der Waals surface area contributed by atoms with E-state index in [1.807, 2.05) is 42.6 Å². The van der Waals surface area contributed by atoms with Gasteiger partial charge in [0.2, 0.25) is 0 Å². The fourth-order valence-corrected chi connectivity index (χ4v) is 3.85. The van der Waals surface area contributed by atoms with E-state index in [0.29, 0.717) is 5.25 Å². The minimum absolute atomic E-state index is 0.103. The van der Waals surface area contributed by atoms with Crippen LogP contribution >= 0.6 is 11.8 Å². The molecule has 2 heterocycles. The molecule has 0 aliphatic carbocycles. The third kappa shape index (κ3) is 2.37. The maximum absolute atomic E-state index is 12.2. The molecule has 1 aliphatic heterocycles. The van der Waals surface area contributed by atoms with Gasteiger partial charge >= 0.3 is 5.69 Å². The summed E-state index contributed by atoms with van der Waals surface area (Å²) < 4.78 is 3.62. The van der Waals surface area contributed by atoms with Gasteiger partial charge in [-0.3, -0.25) is 9.13 Å². The number of imidazole rings is 1. The predicted molar refractivity (Wildman–Crippen MR) is 78.9 cm³/mol. The van der Waals surface area contributed by atoms with Crippen LogP contribution in [-0.2, 0) is 13.0 Å². The van der Waals surface area contributed by atoms with Gasteiger partial charge in [0.1, 0.15) is 0 Å². The molecule has 0 radical (unpaired) electrons. The van der Waals surface area contributed by atoms with Crippen LogP contribution in [0.4, 0.5) is 0 Å². The highest BCUT2D eigenvalue weighted by molar-refractivity contribution is 8.00. The zero-order valence-corrected chi connectivity index (χ0v) is 12.1. The first-order valence-corrected chi connectivity index (χ1v) is 7.55. The first-order valence-electron chi connectivity index (χ1n) is 6.67. The van der Waals surface area contributed by atoms with Crippen LogP contribution in [0.15, 0.2) is 46.3 Å². The van der Waals surface area contributed by atoms with Crippen LogP contribution < -0.4 is 5.69 Å². The van der Waals surface area contributed by atoms with Crippen molar-refractivity contribution in [3.05, 3.63) is 52.7 Å². The van der Waals surface area contributed by atoms with Crippen molar-refractivity contribution in [2.24, 2.45) is 0 Å². The van der Waals surface area contributed by atoms with Gasteiger partial charge in [0.15, 0.2) is 0 Å². The number of nitrogens with zero attached hydrogens (tertiary/aromatic N) is 2. The zero-order valence-electron chi connectivity index (χ0n) is 11.2. The Bertz CT molecular complexity index is 617. The Kier molecular flexibility index (Phi) is 3.27. The van der Waals surface area contributed by atoms with Crippen LogP contribution in [0.1, 0.15) is 25.5 Å². The van der Waals surface area contributed by atoms with Gasteiger partial charge in [-0.15, -0.1) is 11.8 Å². The summed E-state index contributed by atoms with van der Waals surface area (Å²) in [5, 5.41) is 0.470. The molecule has 4 heteroatoms. The van der Waals surface area contributed by atoms with E-state index in [0.717, 1.165) is 13.0 Å². The summed E-state index contributed by atoms with van der Waals surface area (Å²) in [6.45, 7) is 4.86. The maximum Gasteiger partial charge on any atom is 0.328 e. The number of thioether (sulfide) groups is 1. The number of rotatable bonds is 3. The molecule has 0 amide bonds. The molecule has 3 nitrogen and oxygen atoms in total. The van der Waals surface area contributed by atoms with E-state index in [9.17, 15) is 4.79 Å². The van der Waals surface area contributed by atoms with Gasteiger partial charge in [-0.2, -0.15) is 0 Å². The Labute approximate surface area is 117 Å². The lowest BCUT2D eigenvalue weighted by Gasteiger charge is -2.09. The van der Waals surface area contributed by atoms with Crippen LogP contribution in [0, 0.1) is 0 Å². The molecule has 100 valence electrons. The highest BCUT2D eigenvalue weighted by Crippen LogP contribution is 2.37. The zero-order chi connectivity index (χ0) is 13.4. The number of benzene rings is 1. The lowest BCUT2D eigenvalue weighted by molar-refractivity contribution is 0.546. The Morgan fingerprint density at radius 2 is 2.11 bits per heavy atom. The summed E-state index contributed by atoms with van der Waals surface area (Å²) in [5.41, 5.74) is 1.51. The fraction of sp³-hybridized carbons (Fsp3) is 0.400. The summed E-state index contributed by atoms with van der Waals surface area (Å²) in [6.07, 6.45) is 4.85. The van der Waals surface area contributed by atoms with Crippen LogP contribution in [0.3, 0.4) is 0 Å². The molecule has 3 rings (SSSR count). The van der Waals surface area contributed by atoms with E-state index >= 15 is 0 Å². The highest BCUT2D eigenvalue weighted by Gasteiger charge is 2.22. The number of fused-ring (bicyclic) bond motifs is 1. The van der Waals surface area contributed by atoms with Crippen LogP contribution in [0.5, 0.6) is 0 Å². The topological polar surface area (TPSA) is 26.9 Å². The maximum atomic E-state index is 12.2. The van der Waals surface area contributed by atoms with Crippen molar-refractivity contribution in [1.29, 1.82) is 0 Å². The Hall–Kier alpha value is -1.42. The van der Waals surface area contributed by atoms with E-state index < -0.39 is 0 Å². The normalized spacial score (nSPS) is 17.9. The molecule has 0 N–H and O–H groups in total. The van der Waals surface area contributed by atoms with Crippen LogP contribution in [-0.4, -0.2) is 14.4 Å². The summed E-state index contributed by atoms with van der Waals surface area (Å²) in [6, 6.07) is 8.74. The molecule has 1 aromatic heterocycles. The molecule has 2 aromatic rings. The predicted octanol–water partition coefficient (Wildman–Crippen LogP) is 2.95. The smallest absolute Gasteiger partial charge is 0.298 e. The van der Waals surface area contributed by atoms with Gasteiger partial charge in [0.05, 0.1) is 0 Å². The summed E-state index contributed by atoms with van der Waals surface area (Å²) in [5.74, 6) is 0. The lowest BCUT2D eigenvalue weighted by Crippen LogP contribution is -2.28. The van der Waals surface area contributed by atoms with Gasteiger partial charge in [-0.1, -0.05) is 18.2 Å². The molecule has 0 saturated heterocycles. The van der Waals surface area contributed by atoms with Crippen LogP contribution in [0.25, 0.3) is 0 Å². The third-order valence-corrected chi connectivity index (χ3v) is 4.85. The summed E-state index contributed by atoms with van der Waals surface area (Å²) in [4.78, 5) is 13.6. The second-order valence-electron chi connectivity index (χ2n) is 5.29. The van der Waals surface area contributed by atoms with Crippen molar-refractivity contribution in [2.75, 3.05) is 0 Å². The second-order valence-corrected chi connectivity index (χ2v) is 6.63. The second kappa shape index (κ2) is 4.93. The average Bonchev–Trinajstić information content (AvgIpc) is 2.94. The van der Waals surface area contributed by atoms with Crippen LogP contribution in [0.2, 0.25) is 0 Å². The highest BCUT2D eigenvalue weighted by atomic mass is 32.2. The van der Waals surface area contributed by atoms with Gasteiger partial charge < -0.3 is 0 Å². The van der Waals surface area contributed by atoms with E-state index in [4.69, 9.17) is 0 Å². The fourth-order valence-electron chi connectivity index (χ4n) is 2.54. The van der Waals surface area contributed by atoms with E-state index in [1.165, 1.54) is 10.5 Å². The molecule has 0 bridgehead atoms. The van der Waals surface area contributed by atoms with Gasteiger partial charge in [0, 0.05) is 35.1 Å². The third-order valence-electron chi connectivity index (χ3n) is 3.54. The Balaban J connectivity index is 1.76. The molecular weight excluding hydrogens is 256 g/mol. The van der Waals surface area contributed by atoms with E-state index in [1.54, 1.807) is 4.57 Å². The molecule has 1 aliphatic rings. The van der Waals surface area contributed by atoms with Crippen molar-refractivity contribution in [3.8, 4) is 0 Å². The standard InChI is InChI=1S/C15H18N2OS/c1-11(2)17-8-7-16(15(17)18)10-13-9-12-5-3-4-6-14(12)19-13/h3-8,11,13H,9-10H2,1-2H3. The lowest BCUT2D eigenvalue weighted by atomic mass is 10.1. The van der Waals surface area contributed by atoms with Crippen molar-refractivity contribution in [3.63, 3.8) is 0 Å². The average molecular weight is 274 g/mol. The SMILES string of the molecule is CC(C)n1ccn(CC2Cc3ccccc3S2)c1=O. The van der Waals surface area contributed by atoms with E-state index in [-0.39, 0.29) is 11.7 Å². The largest absolute Gasteiger partial charge is 0.328 e. The molecule has 19 heavy (non-hydrogen) atoms. The summed E-state index contributed by atoms with van der Waals surface area (Å²) >= 11 is 1.89. The van der Waals surface area contributed by atoms with Gasteiger partial charge in [0.25, 0.3) is 0 Å². The molecule has 0 spiro atoms. The van der Waals surface area contributed by atoms with Crippen molar-refractivity contribution >= 4 is 11.8 Å². The first-order chi connectivity index (χ1) is 9.15. The molecule has 1 aromatic carbocycles. The molecule has 0 saturated carbocycles. The van der Waals surface area contributed by atoms with Gasteiger partial charge in [-0.25, -0.2) is 4.79 Å². The number of aromatic nitrogens is 2. The minimum atomic E-state index is 0.103. The first kappa shape index (κ1) is 12.6. The molecular formula is C15H18N2OS. The monoisotopic (exact) mass is 274 g/mol. The molecule has 1 unspecified atom stereocenters. The Morgan fingerprint density at radius 1 is 1.32 bits per heavy atom. The van der Waals surface area contributed by atoms with Crippen molar-refractivity contribution < 1.29 is 0 Å². The summed E-state index contributed by atoms with van der Waals surface area (Å²) in [7, 11) is 0. The van der Waals surface area contributed by atoms with Crippen molar-refractivity contribution in [2.45, 2.75) is 43.0 Å². The number of hydrogen-bond donors (Lipinski definition) is 0. The Morgan fingerprint density at radius 3 is 2.79 bits per heavy atom.